The van der Waals surface area contributed by atoms with E-state index in [1.165, 1.54) is 4.90 Å². The van der Waals surface area contributed by atoms with Crippen LogP contribution >= 0.6 is 15.9 Å². The van der Waals surface area contributed by atoms with Gasteiger partial charge in [0, 0.05) is 16.6 Å². The molecule has 0 saturated carbocycles. The quantitative estimate of drug-likeness (QED) is 0.518. The fourth-order valence-corrected chi connectivity index (χ4v) is 4.71. The van der Waals surface area contributed by atoms with Crippen molar-refractivity contribution in [1.82, 2.24) is 4.90 Å². The number of halogens is 1. The van der Waals surface area contributed by atoms with E-state index in [9.17, 15) is 14.4 Å². The van der Waals surface area contributed by atoms with E-state index in [0.29, 0.717) is 54.1 Å². The summed E-state index contributed by atoms with van der Waals surface area (Å²) in [4.78, 5) is 40.6. The van der Waals surface area contributed by atoms with Gasteiger partial charge in [0.1, 0.15) is 19.3 Å². The molecular formula is C22H25BrN2O5. The number of carbonyl (C=O) groups excluding carboxylic acids is 3. The van der Waals surface area contributed by atoms with Crippen LogP contribution in [0.2, 0.25) is 0 Å². The van der Waals surface area contributed by atoms with E-state index in [0.717, 1.165) is 0 Å². The van der Waals surface area contributed by atoms with Crippen LogP contribution in [0.5, 0.6) is 11.5 Å². The van der Waals surface area contributed by atoms with Gasteiger partial charge in [0.25, 0.3) is 0 Å². The topological polar surface area (TPSA) is 84.9 Å². The molecular weight excluding hydrogens is 452 g/mol. The first kappa shape index (κ1) is 20.9. The molecule has 7 nitrogen and oxygen atoms in total. The number of nitrogens with one attached hydrogen (secondary N) is 1. The van der Waals surface area contributed by atoms with Crippen LogP contribution in [0.3, 0.4) is 0 Å². The molecule has 3 atom stereocenters. The molecule has 1 aliphatic carbocycles. The Morgan fingerprint density at radius 2 is 1.67 bits per heavy atom. The molecule has 3 aliphatic rings. The number of rotatable bonds is 5. The van der Waals surface area contributed by atoms with Crippen LogP contribution in [-0.2, 0) is 14.4 Å². The van der Waals surface area contributed by atoms with Gasteiger partial charge in [-0.1, -0.05) is 26.0 Å². The highest BCUT2D eigenvalue weighted by atomic mass is 79.9. The number of hydrogen-bond donors (Lipinski definition) is 1. The van der Waals surface area contributed by atoms with Gasteiger partial charge in [0.05, 0.1) is 17.5 Å². The van der Waals surface area contributed by atoms with Crippen LogP contribution in [0.25, 0.3) is 0 Å². The number of benzene rings is 1. The van der Waals surface area contributed by atoms with Crippen molar-refractivity contribution in [3.05, 3.63) is 28.8 Å². The Bertz CT molecular complexity index is 887. The van der Waals surface area contributed by atoms with E-state index in [-0.39, 0.29) is 35.5 Å². The highest BCUT2D eigenvalue weighted by molar-refractivity contribution is 9.10. The van der Waals surface area contributed by atoms with E-state index < -0.39 is 6.04 Å². The highest BCUT2D eigenvalue weighted by Crippen LogP contribution is 2.40. The third-order valence-electron chi connectivity index (χ3n) is 5.74. The van der Waals surface area contributed by atoms with Crippen molar-refractivity contribution in [2.75, 3.05) is 18.5 Å². The lowest BCUT2D eigenvalue weighted by Gasteiger charge is -2.28. The second-order valence-corrected chi connectivity index (χ2v) is 9.17. The standard InChI is InChI=1S/C22H25BrN2O5/c1-12(2)9-17(25-21(27)13-5-3-4-6-14(13)22(25)28)20(26)24-16-11-19-18(10-15(16)23)29-7-8-30-19/h3-4,10-14,17H,5-9H2,1-2H3,(H,24,26). The molecule has 0 radical (unpaired) electrons. The number of anilines is 1. The number of amides is 3. The molecule has 1 fully saturated rings. The number of likely N-dealkylation sites (tertiary alicyclic amines) is 1. The van der Waals surface area contributed by atoms with Gasteiger partial charge < -0.3 is 14.8 Å². The minimum absolute atomic E-state index is 0.130. The zero-order valence-corrected chi connectivity index (χ0v) is 18.6. The number of nitrogens with zero attached hydrogens (tertiary/aromatic N) is 1. The smallest absolute Gasteiger partial charge is 0.247 e. The molecule has 1 saturated heterocycles. The largest absolute Gasteiger partial charge is 0.486 e. The Balaban J connectivity index is 1.59. The Kier molecular flexibility index (Phi) is 5.86. The lowest BCUT2D eigenvalue weighted by molar-refractivity contribution is -0.147. The summed E-state index contributed by atoms with van der Waals surface area (Å²) in [6.07, 6.45) is 5.39. The average Bonchev–Trinajstić information content (AvgIpc) is 2.97. The van der Waals surface area contributed by atoms with Crippen molar-refractivity contribution in [2.45, 2.75) is 39.2 Å². The van der Waals surface area contributed by atoms with E-state index >= 15 is 0 Å². The van der Waals surface area contributed by atoms with E-state index in [1.807, 2.05) is 26.0 Å². The first-order valence-electron chi connectivity index (χ1n) is 10.3. The summed E-state index contributed by atoms with van der Waals surface area (Å²) in [5, 5.41) is 2.88. The Morgan fingerprint density at radius 1 is 1.10 bits per heavy atom. The second-order valence-electron chi connectivity index (χ2n) is 8.31. The molecule has 0 aromatic heterocycles. The van der Waals surface area contributed by atoms with Gasteiger partial charge in [-0.3, -0.25) is 19.3 Å². The molecule has 0 bridgehead atoms. The zero-order chi connectivity index (χ0) is 21.4. The van der Waals surface area contributed by atoms with Gasteiger partial charge in [-0.2, -0.15) is 0 Å². The minimum atomic E-state index is -0.851. The number of imide groups is 1. The molecule has 1 aromatic carbocycles. The molecule has 8 heteroatoms. The Labute approximate surface area is 183 Å². The van der Waals surface area contributed by atoms with Gasteiger partial charge >= 0.3 is 0 Å². The summed E-state index contributed by atoms with van der Waals surface area (Å²) in [6.45, 7) is 4.85. The van der Waals surface area contributed by atoms with Crippen molar-refractivity contribution < 1.29 is 23.9 Å². The summed E-state index contributed by atoms with van der Waals surface area (Å²) in [5.41, 5.74) is 0.510. The first-order chi connectivity index (χ1) is 14.4. The predicted octanol–water partition coefficient (Wildman–Crippen LogP) is 3.52. The molecule has 3 unspecified atom stereocenters. The Hall–Kier alpha value is -2.35. The second kappa shape index (κ2) is 8.41. The van der Waals surface area contributed by atoms with Crippen LogP contribution in [-0.4, -0.2) is 41.9 Å². The van der Waals surface area contributed by atoms with E-state index in [4.69, 9.17) is 9.47 Å². The average molecular weight is 477 g/mol. The minimum Gasteiger partial charge on any atom is -0.486 e. The predicted molar refractivity (Wildman–Crippen MR) is 114 cm³/mol. The SMILES string of the molecule is CC(C)CC(C(=O)Nc1cc2c(cc1Br)OCCO2)N1C(=O)C2CC=CCC2C1=O. The molecule has 1 N–H and O–H groups in total. The fourth-order valence-electron chi connectivity index (χ4n) is 4.29. The third-order valence-corrected chi connectivity index (χ3v) is 6.40. The van der Waals surface area contributed by atoms with E-state index in [1.54, 1.807) is 12.1 Å². The summed E-state index contributed by atoms with van der Waals surface area (Å²) in [6, 6.07) is 2.59. The monoisotopic (exact) mass is 476 g/mol. The molecule has 1 aromatic rings. The van der Waals surface area contributed by atoms with Crippen molar-refractivity contribution in [1.29, 1.82) is 0 Å². The van der Waals surface area contributed by atoms with Gasteiger partial charge in [-0.05, 0) is 41.1 Å². The zero-order valence-electron chi connectivity index (χ0n) is 17.0. The van der Waals surface area contributed by atoms with Crippen molar-refractivity contribution in [3.63, 3.8) is 0 Å². The molecule has 2 aliphatic heterocycles. The number of hydrogen-bond acceptors (Lipinski definition) is 5. The van der Waals surface area contributed by atoms with E-state index in [2.05, 4.69) is 21.2 Å². The molecule has 4 rings (SSSR count). The first-order valence-corrected chi connectivity index (χ1v) is 11.1. The molecule has 30 heavy (non-hydrogen) atoms. The van der Waals surface area contributed by atoms with Crippen LogP contribution < -0.4 is 14.8 Å². The summed E-state index contributed by atoms with van der Waals surface area (Å²) in [7, 11) is 0. The van der Waals surface area contributed by atoms with Gasteiger partial charge in [0.2, 0.25) is 17.7 Å². The summed E-state index contributed by atoms with van der Waals surface area (Å²) < 4.78 is 11.8. The van der Waals surface area contributed by atoms with Crippen LogP contribution in [0.15, 0.2) is 28.8 Å². The fraction of sp³-hybridized carbons (Fsp3) is 0.500. The number of ether oxygens (including phenoxy) is 2. The highest BCUT2D eigenvalue weighted by Gasteiger charge is 2.51. The lowest BCUT2D eigenvalue weighted by atomic mass is 9.85. The Morgan fingerprint density at radius 3 is 2.23 bits per heavy atom. The van der Waals surface area contributed by atoms with Gasteiger partial charge in [0.15, 0.2) is 11.5 Å². The molecule has 160 valence electrons. The normalized spacial score (nSPS) is 23.5. The van der Waals surface area contributed by atoms with Crippen LogP contribution in [0, 0.1) is 17.8 Å². The molecule has 2 heterocycles. The lowest BCUT2D eigenvalue weighted by Crippen LogP contribution is -2.48. The third kappa shape index (κ3) is 3.85. The maximum absolute atomic E-state index is 13.3. The maximum Gasteiger partial charge on any atom is 0.247 e. The van der Waals surface area contributed by atoms with Crippen LogP contribution in [0.1, 0.15) is 33.1 Å². The van der Waals surface area contributed by atoms with Crippen molar-refractivity contribution in [2.24, 2.45) is 17.8 Å². The van der Waals surface area contributed by atoms with Gasteiger partial charge in [-0.25, -0.2) is 0 Å². The van der Waals surface area contributed by atoms with Crippen molar-refractivity contribution in [3.8, 4) is 11.5 Å². The van der Waals surface area contributed by atoms with Crippen molar-refractivity contribution >= 4 is 39.3 Å². The van der Waals surface area contributed by atoms with Gasteiger partial charge in [-0.15, -0.1) is 0 Å². The van der Waals surface area contributed by atoms with Crippen LogP contribution in [0.4, 0.5) is 5.69 Å². The molecule has 0 spiro atoms. The number of allylic oxidation sites excluding steroid dienone is 2. The number of carbonyl (C=O) groups is 3. The summed E-state index contributed by atoms with van der Waals surface area (Å²) >= 11 is 3.45. The summed E-state index contributed by atoms with van der Waals surface area (Å²) in [5.74, 6) is -0.290. The molecule has 3 amide bonds. The maximum atomic E-state index is 13.3. The number of fused-ring (bicyclic) bond motifs is 2.